The second kappa shape index (κ2) is 4.24. The molecule has 3 nitrogen and oxygen atoms in total. The molecule has 0 bridgehead atoms. The summed E-state index contributed by atoms with van der Waals surface area (Å²) in [4.78, 5) is 4.25. The first-order valence-electron chi connectivity index (χ1n) is 4.27. The minimum Gasteiger partial charge on any atom is -0.329 e. The quantitative estimate of drug-likeness (QED) is 0.873. The van der Waals surface area contributed by atoms with Crippen LogP contribution in [0.3, 0.4) is 0 Å². The van der Waals surface area contributed by atoms with Gasteiger partial charge in [0.2, 0.25) is 0 Å². The van der Waals surface area contributed by atoms with Gasteiger partial charge < -0.3 is 5.32 Å². The Morgan fingerprint density at radius 3 is 2.88 bits per heavy atom. The molecule has 16 heavy (non-hydrogen) atoms. The maximum Gasteiger partial charge on any atom is 0.188 e. The van der Waals surface area contributed by atoms with Crippen LogP contribution in [0.5, 0.6) is 0 Å². The molecule has 0 saturated heterocycles. The van der Waals surface area contributed by atoms with Crippen LogP contribution in [-0.4, -0.2) is 4.98 Å². The maximum atomic E-state index is 13.2. The number of nitrogens with zero attached hydrogens (tertiary/aromatic N) is 2. The molecule has 0 aliphatic rings. The molecule has 0 saturated carbocycles. The van der Waals surface area contributed by atoms with Crippen LogP contribution in [0, 0.1) is 23.0 Å². The van der Waals surface area contributed by atoms with Gasteiger partial charge in [0, 0.05) is 6.07 Å². The number of anilines is 2. The van der Waals surface area contributed by atoms with E-state index in [-0.39, 0.29) is 5.69 Å². The van der Waals surface area contributed by atoms with Gasteiger partial charge in [-0.25, -0.2) is 13.8 Å². The molecule has 0 radical (unpaired) electrons. The largest absolute Gasteiger partial charge is 0.329 e. The molecule has 0 fully saturated rings. The Morgan fingerprint density at radius 2 is 2.19 bits per heavy atom. The monoisotopic (exact) mass is 237 g/mol. The van der Waals surface area contributed by atoms with Gasteiger partial charge in [0.25, 0.3) is 0 Å². The number of hydrogen-bond acceptors (Lipinski definition) is 4. The van der Waals surface area contributed by atoms with Crippen LogP contribution < -0.4 is 5.32 Å². The minimum atomic E-state index is -0.574. The molecular weight excluding hydrogens is 232 g/mol. The van der Waals surface area contributed by atoms with Crippen LogP contribution in [0.25, 0.3) is 0 Å². The minimum absolute atomic E-state index is 0.00107. The molecule has 2 aromatic rings. The molecule has 80 valence electrons. The number of benzene rings is 1. The van der Waals surface area contributed by atoms with E-state index < -0.39 is 11.6 Å². The summed E-state index contributed by atoms with van der Waals surface area (Å²) in [6.07, 6.45) is 1.37. The standard InChI is InChI=1S/C10H5F2N3S/c11-6-1-2-8(12)9(3-6)15-10-14-5-7(4-13)16-10/h1-3,5H,(H,14,15). The summed E-state index contributed by atoms with van der Waals surface area (Å²) >= 11 is 1.07. The lowest BCUT2D eigenvalue weighted by Crippen LogP contribution is -1.93. The lowest BCUT2D eigenvalue weighted by atomic mass is 10.3. The van der Waals surface area contributed by atoms with Gasteiger partial charge in [-0.2, -0.15) is 5.26 Å². The molecule has 0 amide bonds. The van der Waals surface area contributed by atoms with Crippen molar-refractivity contribution in [3.05, 3.63) is 40.9 Å². The fourth-order valence-corrected chi connectivity index (χ4v) is 1.72. The highest BCUT2D eigenvalue weighted by atomic mass is 32.1. The molecule has 1 N–H and O–H groups in total. The number of nitrogens with one attached hydrogen (secondary N) is 1. The molecular formula is C10H5F2N3S. The second-order valence-electron chi connectivity index (χ2n) is 2.89. The first-order chi connectivity index (χ1) is 7.69. The van der Waals surface area contributed by atoms with Crippen molar-refractivity contribution < 1.29 is 8.78 Å². The van der Waals surface area contributed by atoms with Crippen LogP contribution in [0.2, 0.25) is 0 Å². The number of rotatable bonds is 2. The molecule has 1 aromatic carbocycles. The van der Waals surface area contributed by atoms with Crippen LogP contribution >= 0.6 is 11.3 Å². The van der Waals surface area contributed by atoms with Crippen LogP contribution in [0.15, 0.2) is 24.4 Å². The van der Waals surface area contributed by atoms with E-state index in [1.165, 1.54) is 6.20 Å². The van der Waals surface area contributed by atoms with E-state index >= 15 is 0 Å². The molecule has 0 spiro atoms. The molecule has 0 atom stereocenters. The van der Waals surface area contributed by atoms with Crippen molar-refractivity contribution in [3.8, 4) is 6.07 Å². The van der Waals surface area contributed by atoms with E-state index in [4.69, 9.17) is 5.26 Å². The summed E-state index contributed by atoms with van der Waals surface area (Å²) in [5.74, 6) is -1.11. The molecule has 0 aliphatic heterocycles. The molecule has 1 heterocycles. The first kappa shape index (κ1) is 10.5. The van der Waals surface area contributed by atoms with Crippen molar-refractivity contribution in [1.82, 2.24) is 4.98 Å². The van der Waals surface area contributed by atoms with Gasteiger partial charge in [0.1, 0.15) is 22.6 Å². The van der Waals surface area contributed by atoms with E-state index in [0.717, 1.165) is 29.5 Å². The number of thiazole rings is 1. The van der Waals surface area contributed by atoms with Gasteiger partial charge in [-0.15, -0.1) is 0 Å². The van der Waals surface area contributed by atoms with E-state index in [1.807, 2.05) is 6.07 Å². The fourth-order valence-electron chi connectivity index (χ4n) is 1.09. The number of halogens is 2. The van der Waals surface area contributed by atoms with Crippen molar-refractivity contribution in [2.24, 2.45) is 0 Å². The highest BCUT2D eigenvalue weighted by molar-refractivity contribution is 7.16. The topological polar surface area (TPSA) is 48.7 Å². The van der Waals surface area contributed by atoms with Gasteiger partial charge in [-0.1, -0.05) is 11.3 Å². The van der Waals surface area contributed by atoms with Crippen molar-refractivity contribution >= 4 is 22.2 Å². The predicted molar refractivity (Wildman–Crippen MR) is 56.5 cm³/mol. The average molecular weight is 237 g/mol. The number of aromatic nitrogens is 1. The SMILES string of the molecule is N#Cc1cnc(Nc2cc(F)ccc2F)s1. The highest BCUT2D eigenvalue weighted by Crippen LogP contribution is 2.24. The van der Waals surface area contributed by atoms with Crippen molar-refractivity contribution in [2.75, 3.05) is 5.32 Å². The smallest absolute Gasteiger partial charge is 0.188 e. The van der Waals surface area contributed by atoms with Crippen LogP contribution in [0.1, 0.15) is 4.88 Å². The Balaban J connectivity index is 2.27. The maximum absolute atomic E-state index is 13.2. The Labute approximate surface area is 94.0 Å². The fraction of sp³-hybridized carbons (Fsp3) is 0. The highest BCUT2D eigenvalue weighted by Gasteiger charge is 2.06. The van der Waals surface area contributed by atoms with E-state index in [9.17, 15) is 8.78 Å². The Kier molecular flexibility index (Phi) is 2.79. The van der Waals surface area contributed by atoms with Crippen molar-refractivity contribution in [2.45, 2.75) is 0 Å². The third kappa shape index (κ3) is 2.15. The van der Waals surface area contributed by atoms with E-state index in [2.05, 4.69) is 10.3 Å². The molecule has 0 aliphatic carbocycles. The zero-order chi connectivity index (χ0) is 11.5. The molecule has 2 rings (SSSR count). The average Bonchev–Trinajstić information content (AvgIpc) is 2.71. The van der Waals surface area contributed by atoms with E-state index in [0.29, 0.717) is 10.0 Å². The second-order valence-corrected chi connectivity index (χ2v) is 3.92. The summed E-state index contributed by atoms with van der Waals surface area (Å²) in [6.45, 7) is 0. The molecule has 1 aromatic heterocycles. The molecule has 6 heteroatoms. The van der Waals surface area contributed by atoms with Crippen LogP contribution in [0.4, 0.5) is 19.6 Å². The van der Waals surface area contributed by atoms with Crippen molar-refractivity contribution in [3.63, 3.8) is 0 Å². The Hall–Kier alpha value is -2.00. The summed E-state index contributed by atoms with van der Waals surface area (Å²) in [5, 5.41) is 11.5. The Morgan fingerprint density at radius 1 is 1.38 bits per heavy atom. The van der Waals surface area contributed by atoms with Gasteiger partial charge in [-0.3, -0.25) is 0 Å². The van der Waals surface area contributed by atoms with Crippen LogP contribution in [-0.2, 0) is 0 Å². The van der Waals surface area contributed by atoms with Gasteiger partial charge >= 0.3 is 0 Å². The number of nitriles is 1. The lowest BCUT2D eigenvalue weighted by Gasteiger charge is -2.03. The van der Waals surface area contributed by atoms with E-state index in [1.54, 1.807) is 0 Å². The normalized spacial score (nSPS) is 9.81. The third-order valence-electron chi connectivity index (χ3n) is 1.79. The lowest BCUT2D eigenvalue weighted by molar-refractivity contribution is 0.603. The van der Waals surface area contributed by atoms with Gasteiger partial charge in [-0.05, 0) is 12.1 Å². The zero-order valence-electron chi connectivity index (χ0n) is 7.87. The van der Waals surface area contributed by atoms with Gasteiger partial charge in [0.15, 0.2) is 5.13 Å². The summed E-state index contributed by atoms with van der Waals surface area (Å²) in [5.41, 5.74) is -0.00107. The summed E-state index contributed by atoms with van der Waals surface area (Å²) in [6, 6.07) is 4.99. The predicted octanol–water partition coefficient (Wildman–Crippen LogP) is 3.04. The summed E-state index contributed by atoms with van der Waals surface area (Å²) < 4.78 is 26.1. The van der Waals surface area contributed by atoms with Gasteiger partial charge in [0.05, 0.1) is 11.9 Å². The number of hydrogen-bond donors (Lipinski definition) is 1. The summed E-state index contributed by atoms with van der Waals surface area (Å²) in [7, 11) is 0. The molecule has 0 unspecified atom stereocenters. The van der Waals surface area contributed by atoms with Crippen molar-refractivity contribution in [1.29, 1.82) is 5.26 Å². The Bertz CT molecular complexity index is 559. The first-order valence-corrected chi connectivity index (χ1v) is 5.08. The zero-order valence-corrected chi connectivity index (χ0v) is 8.68. The third-order valence-corrected chi connectivity index (χ3v) is 2.60.